The first-order chi connectivity index (χ1) is 10.1. The number of aryl methyl sites for hydroxylation is 2. The van der Waals surface area contributed by atoms with E-state index in [1.165, 1.54) is 32.1 Å². The second-order valence-electron chi connectivity index (χ2n) is 6.86. The molecule has 1 aliphatic carbocycles. The largest absolute Gasteiger partial charge is 0.331 e. The molecule has 2 unspecified atom stereocenters. The molecular formula is C17H23N3O. The van der Waals surface area contributed by atoms with Gasteiger partial charge in [0.2, 0.25) is 0 Å². The summed E-state index contributed by atoms with van der Waals surface area (Å²) in [6.07, 6.45) is 8.56. The summed E-state index contributed by atoms with van der Waals surface area (Å²) >= 11 is 0. The lowest BCUT2D eigenvalue weighted by Gasteiger charge is -2.38. The van der Waals surface area contributed by atoms with E-state index in [4.69, 9.17) is 0 Å². The molecule has 4 heteroatoms. The lowest BCUT2D eigenvalue weighted by Crippen LogP contribution is -2.45. The first-order valence-electron chi connectivity index (χ1n) is 8.16. The quantitative estimate of drug-likeness (QED) is 0.744. The van der Waals surface area contributed by atoms with Crippen LogP contribution in [0, 0.1) is 6.92 Å². The van der Waals surface area contributed by atoms with Gasteiger partial charge in [0.1, 0.15) is 5.69 Å². The Hall–Kier alpha value is -1.58. The van der Waals surface area contributed by atoms with E-state index in [1.54, 1.807) is 15.8 Å². The molecule has 1 aromatic heterocycles. The van der Waals surface area contributed by atoms with Crippen molar-refractivity contribution < 1.29 is 4.79 Å². The van der Waals surface area contributed by atoms with Gasteiger partial charge in [-0.1, -0.05) is 11.1 Å². The summed E-state index contributed by atoms with van der Waals surface area (Å²) < 4.78 is 1.73. The lowest BCUT2D eigenvalue weighted by molar-refractivity contribution is 0.0621. The maximum atomic E-state index is 12.9. The molecule has 2 saturated heterocycles. The maximum absolute atomic E-state index is 12.9. The van der Waals surface area contributed by atoms with Crippen molar-refractivity contribution in [1.29, 1.82) is 0 Å². The minimum atomic E-state index is 0.184. The molecule has 3 heterocycles. The molecule has 1 aromatic rings. The first-order valence-corrected chi connectivity index (χ1v) is 8.16. The Morgan fingerprint density at radius 2 is 1.86 bits per heavy atom. The third-order valence-electron chi connectivity index (χ3n) is 5.50. The minimum absolute atomic E-state index is 0.184. The van der Waals surface area contributed by atoms with Crippen LogP contribution in [-0.2, 0) is 7.05 Å². The average Bonchev–Trinajstić information content (AvgIpc) is 2.84. The molecule has 0 N–H and O–H groups in total. The van der Waals surface area contributed by atoms with Crippen molar-refractivity contribution in [2.24, 2.45) is 7.05 Å². The second-order valence-corrected chi connectivity index (χ2v) is 6.86. The van der Waals surface area contributed by atoms with Crippen LogP contribution in [0.5, 0.6) is 0 Å². The van der Waals surface area contributed by atoms with Crippen molar-refractivity contribution in [2.45, 2.75) is 64.0 Å². The fourth-order valence-corrected chi connectivity index (χ4v) is 4.28. The zero-order chi connectivity index (χ0) is 14.6. The molecule has 3 fully saturated rings. The standard InChI is InChI=1S/C17H23N3O/c1-11-8-16(19(2)18-11)17(21)20-14-6-7-15(20)10-13(9-14)12-4-3-5-12/h8,14-15H,3-7,9-10H2,1-2H3. The van der Waals surface area contributed by atoms with Gasteiger partial charge in [0, 0.05) is 19.1 Å². The van der Waals surface area contributed by atoms with E-state index < -0.39 is 0 Å². The predicted octanol–water partition coefficient (Wildman–Crippen LogP) is 2.98. The van der Waals surface area contributed by atoms with E-state index in [2.05, 4.69) is 10.00 Å². The van der Waals surface area contributed by atoms with Crippen LogP contribution in [0.3, 0.4) is 0 Å². The zero-order valence-corrected chi connectivity index (χ0v) is 12.9. The van der Waals surface area contributed by atoms with Gasteiger partial charge in [0.05, 0.1) is 5.69 Å². The van der Waals surface area contributed by atoms with E-state index in [-0.39, 0.29) is 5.91 Å². The van der Waals surface area contributed by atoms with Gasteiger partial charge in [-0.15, -0.1) is 0 Å². The van der Waals surface area contributed by atoms with Crippen molar-refractivity contribution >= 4 is 5.91 Å². The molecule has 2 bridgehead atoms. The van der Waals surface area contributed by atoms with Crippen LogP contribution in [0.25, 0.3) is 0 Å². The van der Waals surface area contributed by atoms with Crippen molar-refractivity contribution in [2.75, 3.05) is 0 Å². The molecular weight excluding hydrogens is 262 g/mol. The van der Waals surface area contributed by atoms with Gasteiger partial charge >= 0.3 is 0 Å². The first kappa shape index (κ1) is 13.1. The fourth-order valence-electron chi connectivity index (χ4n) is 4.28. The Morgan fingerprint density at radius 3 is 2.33 bits per heavy atom. The summed E-state index contributed by atoms with van der Waals surface area (Å²) in [7, 11) is 1.87. The van der Waals surface area contributed by atoms with Crippen LogP contribution in [0.2, 0.25) is 0 Å². The summed E-state index contributed by atoms with van der Waals surface area (Å²) in [4.78, 5) is 15.1. The Kier molecular flexibility index (Phi) is 2.95. The molecule has 0 radical (unpaired) electrons. The van der Waals surface area contributed by atoms with Crippen molar-refractivity contribution in [3.8, 4) is 0 Å². The number of hydrogen-bond acceptors (Lipinski definition) is 2. The number of aromatic nitrogens is 2. The molecule has 2 aliphatic heterocycles. The van der Waals surface area contributed by atoms with E-state index in [0.29, 0.717) is 12.1 Å². The maximum Gasteiger partial charge on any atom is 0.272 e. The number of rotatable bonds is 1. The van der Waals surface area contributed by atoms with Gasteiger partial charge in [-0.05, 0) is 57.9 Å². The molecule has 112 valence electrons. The second kappa shape index (κ2) is 4.72. The average molecular weight is 285 g/mol. The third kappa shape index (κ3) is 2.03. The molecule has 0 spiro atoms. The highest BCUT2D eigenvalue weighted by molar-refractivity contribution is 5.93. The summed E-state index contributed by atoms with van der Waals surface area (Å²) in [5, 5.41) is 4.32. The highest BCUT2D eigenvalue weighted by Crippen LogP contribution is 2.43. The highest BCUT2D eigenvalue weighted by Gasteiger charge is 2.43. The van der Waals surface area contributed by atoms with Gasteiger partial charge in [-0.2, -0.15) is 5.10 Å². The minimum Gasteiger partial charge on any atom is -0.331 e. The molecule has 21 heavy (non-hydrogen) atoms. The van der Waals surface area contributed by atoms with Crippen LogP contribution < -0.4 is 0 Å². The summed E-state index contributed by atoms with van der Waals surface area (Å²) in [5.41, 5.74) is 5.04. The fraction of sp³-hybridized carbons (Fsp3) is 0.647. The van der Waals surface area contributed by atoms with Gasteiger partial charge in [0.25, 0.3) is 5.91 Å². The summed E-state index contributed by atoms with van der Waals surface area (Å²) in [6, 6.07) is 2.77. The van der Waals surface area contributed by atoms with E-state index >= 15 is 0 Å². The number of amides is 1. The molecule has 1 amide bonds. The number of hydrogen-bond donors (Lipinski definition) is 0. The van der Waals surface area contributed by atoms with Crippen LogP contribution >= 0.6 is 0 Å². The predicted molar refractivity (Wildman–Crippen MR) is 81.0 cm³/mol. The van der Waals surface area contributed by atoms with Crippen LogP contribution in [0.4, 0.5) is 0 Å². The van der Waals surface area contributed by atoms with Crippen LogP contribution in [0.15, 0.2) is 17.2 Å². The topological polar surface area (TPSA) is 38.1 Å². The third-order valence-corrected chi connectivity index (χ3v) is 5.50. The zero-order valence-electron chi connectivity index (χ0n) is 12.9. The van der Waals surface area contributed by atoms with Gasteiger partial charge < -0.3 is 4.90 Å². The number of nitrogens with zero attached hydrogens (tertiary/aromatic N) is 3. The van der Waals surface area contributed by atoms with Crippen molar-refractivity contribution in [3.05, 3.63) is 28.6 Å². The molecule has 3 aliphatic rings. The Labute approximate surface area is 125 Å². The van der Waals surface area contributed by atoms with E-state index in [1.807, 2.05) is 20.0 Å². The molecule has 4 nitrogen and oxygen atoms in total. The summed E-state index contributed by atoms with van der Waals surface area (Å²) in [5.74, 6) is 0.184. The molecule has 0 aromatic carbocycles. The normalized spacial score (nSPS) is 28.0. The van der Waals surface area contributed by atoms with Gasteiger partial charge in [-0.25, -0.2) is 0 Å². The Balaban J connectivity index is 1.60. The monoisotopic (exact) mass is 285 g/mol. The van der Waals surface area contributed by atoms with Crippen molar-refractivity contribution in [3.63, 3.8) is 0 Å². The Bertz CT molecular complexity index is 606. The highest BCUT2D eigenvalue weighted by atomic mass is 16.2. The Morgan fingerprint density at radius 1 is 1.19 bits per heavy atom. The molecule has 2 atom stereocenters. The van der Waals surface area contributed by atoms with Crippen LogP contribution in [0.1, 0.15) is 61.1 Å². The van der Waals surface area contributed by atoms with Crippen LogP contribution in [-0.4, -0.2) is 32.7 Å². The molecule has 4 rings (SSSR count). The number of carbonyl (C=O) groups is 1. The molecule has 1 saturated carbocycles. The van der Waals surface area contributed by atoms with E-state index in [9.17, 15) is 4.79 Å². The number of carbonyl (C=O) groups excluding carboxylic acids is 1. The van der Waals surface area contributed by atoms with Crippen molar-refractivity contribution in [1.82, 2.24) is 14.7 Å². The van der Waals surface area contributed by atoms with E-state index in [0.717, 1.165) is 24.2 Å². The number of allylic oxidation sites excluding steroid dienone is 1. The number of piperidine rings is 1. The van der Waals surface area contributed by atoms with Gasteiger partial charge in [-0.3, -0.25) is 9.48 Å². The number of fused-ring (bicyclic) bond motifs is 2. The summed E-state index contributed by atoms with van der Waals surface area (Å²) in [6.45, 7) is 1.95. The van der Waals surface area contributed by atoms with Gasteiger partial charge in [0.15, 0.2) is 0 Å². The smallest absolute Gasteiger partial charge is 0.272 e. The SMILES string of the molecule is Cc1cc(C(=O)N2C3CCC2CC(=C2CCC2)C3)n(C)n1. The lowest BCUT2D eigenvalue weighted by atomic mass is 9.82.